The highest BCUT2D eigenvalue weighted by molar-refractivity contribution is 7.17. The molecule has 0 bridgehead atoms. The molecule has 7 heteroatoms. The number of aromatic nitrogens is 2. The van der Waals surface area contributed by atoms with Crippen LogP contribution in [0.4, 0.5) is 0 Å². The fourth-order valence-electron chi connectivity index (χ4n) is 4.03. The van der Waals surface area contributed by atoms with E-state index in [9.17, 15) is 4.79 Å². The van der Waals surface area contributed by atoms with E-state index in [-0.39, 0.29) is 11.6 Å². The second-order valence-corrected chi connectivity index (χ2v) is 8.75. The maximum atomic E-state index is 12.7. The Morgan fingerprint density at radius 2 is 1.90 bits per heavy atom. The standard InChI is InChI=1S/C23H29N3O3S/c1-4-28-19-11-10-16(12-20(19)29-5-2)15(3)24-14-17-13-22(27)26-18-8-6-7-9-21(18)30-23(26)25-17/h10-13,15,24H,4-9,14H2,1-3H3/p+1/t15-/m0/s1. The van der Waals surface area contributed by atoms with Crippen LogP contribution in [0.5, 0.6) is 11.5 Å². The summed E-state index contributed by atoms with van der Waals surface area (Å²) >= 11 is 1.68. The normalized spacial score (nSPS) is 14.5. The number of hydrogen-bond acceptors (Lipinski definition) is 5. The van der Waals surface area contributed by atoms with Crippen LogP contribution in [-0.4, -0.2) is 22.6 Å². The lowest BCUT2D eigenvalue weighted by Crippen LogP contribution is -2.83. The number of nitrogens with zero attached hydrogens (tertiary/aromatic N) is 2. The van der Waals surface area contributed by atoms with Gasteiger partial charge in [-0.2, -0.15) is 0 Å². The first-order valence-electron chi connectivity index (χ1n) is 10.9. The molecule has 0 fully saturated rings. The molecule has 6 nitrogen and oxygen atoms in total. The van der Waals surface area contributed by atoms with E-state index < -0.39 is 0 Å². The first-order valence-corrected chi connectivity index (χ1v) is 11.7. The summed E-state index contributed by atoms with van der Waals surface area (Å²) in [6.45, 7) is 7.96. The third kappa shape index (κ3) is 4.23. The second kappa shape index (κ2) is 9.18. The third-order valence-corrected chi connectivity index (χ3v) is 6.73. The Morgan fingerprint density at radius 3 is 2.70 bits per heavy atom. The molecule has 0 unspecified atom stereocenters. The van der Waals surface area contributed by atoms with Crippen LogP contribution in [-0.2, 0) is 19.4 Å². The van der Waals surface area contributed by atoms with Gasteiger partial charge in [0.05, 0.1) is 13.2 Å². The predicted octanol–water partition coefficient (Wildman–Crippen LogP) is 3.26. The number of hydrogen-bond donors (Lipinski definition) is 1. The molecule has 0 radical (unpaired) electrons. The average molecular weight is 429 g/mol. The van der Waals surface area contributed by atoms with Crippen LogP contribution in [0.25, 0.3) is 4.96 Å². The van der Waals surface area contributed by atoms with Gasteiger partial charge in [0.1, 0.15) is 18.3 Å². The molecule has 0 saturated heterocycles. The maximum Gasteiger partial charge on any atom is 0.259 e. The van der Waals surface area contributed by atoms with Gasteiger partial charge in [-0.05, 0) is 64.7 Å². The third-order valence-electron chi connectivity index (χ3n) is 5.59. The largest absolute Gasteiger partial charge is 0.490 e. The number of fused-ring (bicyclic) bond motifs is 3. The highest BCUT2D eigenvalue weighted by Crippen LogP contribution is 2.30. The summed E-state index contributed by atoms with van der Waals surface area (Å²) in [7, 11) is 0. The quantitative estimate of drug-likeness (QED) is 0.598. The van der Waals surface area contributed by atoms with Crippen molar-refractivity contribution in [3.05, 3.63) is 56.4 Å². The van der Waals surface area contributed by atoms with Gasteiger partial charge in [-0.25, -0.2) is 4.98 Å². The molecule has 2 aromatic heterocycles. The van der Waals surface area contributed by atoms with E-state index in [0.717, 1.165) is 47.0 Å². The molecule has 3 aromatic rings. The first-order chi connectivity index (χ1) is 14.6. The highest BCUT2D eigenvalue weighted by Gasteiger charge is 2.19. The molecule has 0 saturated carbocycles. The maximum absolute atomic E-state index is 12.7. The Kier molecular flexibility index (Phi) is 6.39. The molecule has 0 aliphatic heterocycles. The highest BCUT2D eigenvalue weighted by atomic mass is 32.1. The Hall–Kier alpha value is -2.38. The molecule has 2 heterocycles. The van der Waals surface area contributed by atoms with E-state index >= 15 is 0 Å². The zero-order valence-electron chi connectivity index (χ0n) is 17.9. The molecule has 30 heavy (non-hydrogen) atoms. The monoisotopic (exact) mass is 428 g/mol. The summed E-state index contributed by atoms with van der Waals surface area (Å²) in [5.41, 5.74) is 3.23. The fourth-order valence-corrected chi connectivity index (χ4v) is 5.26. The van der Waals surface area contributed by atoms with Crippen molar-refractivity contribution in [3.8, 4) is 11.5 Å². The van der Waals surface area contributed by atoms with Crippen molar-refractivity contribution in [1.29, 1.82) is 0 Å². The Balaban J connectivity index is 1.51. The topological polar surface area (TPSA) is 69.4 Å². The van der Waals surface area contributed by atoms with E-state index in [1.165, 1.54) is 17.0 Å². The summed E-state index contributed by atoms with van der Waals surface area (Å²) < 4.78 is 13.2. The van der Waals surface area contributed by atoms with Gasteiger partial charge in [0.25, 0.3) is 5.56 Å². The van der Waals surface area contributed by atoms with Gasteiger partial charge in [0, 0.05) is 22.2 Å². The van der Waals surface area contributed by atoms with Gasteiger partial charge in [-0.1, -0.05) is 0 Å². The van der Waals surface area contributed by atoms with Crippen molar-refractivity contribution < 1.29 is 14.8 Å². The minimum atomic E-state index is 0.0511. The van der Waals surface area contributed by atoms with Crippen LogP contribution < -0.4 is 20.3 Å². The Labute approximate surface area is 180 Å². The van der Waals surface area contributed by atoms with Gasteiger partial charge in [-0.15, -0.1) is 11.3 Å². The Bertz CT molecular complexity index is 1090. The fraction of sp³-hybridized carbons (Fsp3) is 0.478. The minimum Gasteiger partial charge on any atom is -0.490 e. The average Bonchev–Trinajstić information content (AvgIpc) is 3.12. The summed E-state index contributed by atoms with van der Waals surface area (Å²) in [6.07, 6.45) is 4.42. The smallest absolute Gasteiger partial charge is 0.259 e. The Morgan fingerprint density at radius 1 is 1.13 bits per heavy atom. The second-order valence-electron chi connectivity index (χ2n) is 7.68. The number of rotatable bonds is 8. The molecule has 0 amide bonds. The zero-order valence-corrected chi connectivity index (χ0v) is 18.8. The van der Waals surface area contributed by atoms with Crippen LogP contribution in [0.2, 0.25) is 0 Å². The molecule has 160 valence electrons. The first kappa shape index (κ1) is 20.9. The van der Waals surface area contributed by atoms with E-state index in [1.807, 2.05) is 24.3 Å². The van der Waals surface area contributed by atoms with E-state index in [4.69, 9.17) is 14.5 Å². The molecule has 1 aliphatic rings. The van der Waals surface area contributed by atoms with Crippen LogP contribution in [0.1, 0.15) is 61.5 Å². The lowest BCUT2D eigenvalue weighted by molar-refractivity contribution is -0.708. The molecule has 0 spiro atoms. The van der Waals surface area contributed by atoms with E-state index in [0.29, 0.717) is 19.8 Å². The summed E-state index contributed by atoms with van der Waals surface area (Å²) in [4.78, 5) is 19.7. The van der Waals surface area contributed by atoms with Gasteiger partial charge < -0.3 is 14.8 Å². The zero-order chi connectivity index (χ0) is 21.1. The van der Waals surface area contributed by atoms with E-state index in [1.54, 1.807) is 17.4 Å². The number of aryl methyl sites for hydroxylation is 2. The number of benzene rings is 1. The van der Waals surface area contributed by atoms with Crippen molar-refractivity contribution in [3.63, 3.8) is 0 Å². The van der Waals surface area contributed by atoms with Crippen molar-refractivity contribution in [2.24, 2.45) is 0 Å². The molecule has 1 aliphatic carbocycles. The number of quaternary nitrogens is 1. The van der Waals surface area contributed by atoms with Crippen molar-refractivity contribution >= 4 is 16.3 Å². The molecule has 2 N–H and O–H groups in total. The summed E-state index contributed by atoms with van der Waals surface area (Å²) in [5, 5.41) is 2.21. The molecule has 4 rings (SSSR count). The van der Waals surface area contributed by atoms with Crippen molar-refractivity contribution in [2.75, 3.05) is 13.2 Å². The summed E-state index contributed by atoms with van der Waals surface area (Å²) in [6, 6.07) is 8.00. The van der Waals surface area contributed by atoms with Gasteiger partial charge >= 0.3 is 0 Å². The van der Waals surface area contributed by atoms with Crippen molar-refractivity contribution in [1.82, 2.24) is 9.38 Å². The molecule has 1 atom stereocenters. The van der Waals surface area contributed by atoms with Gasteiger partial charge in [-0.3, -0.25) is 9.20 Å². The lowest BCUT2D eigenvalue weighted by Gasteiger charge is -2.15. The van der Waals surface area contributed by atoms with Crippen molar-refractivity contribution in [2.45, 2.75) is 59.0 Å². The number of thiazole rings is 1. The molecule has 1 aromatic carbocycles. The molecular weight excluding hydrogens is 398 g/mol. The predicted molar refractivity (Wildman–Crippen MR) is 119 cm³/mol. The van der Waals surface area contributed by atoms with Crippen LogP contribution in [0.3, 0.4) is 0 Å². The summed E-state index contributed by atoms with van der Waals surface area (Å²) in [5.74, 6) is 1.55. The number of nitrogens with two attached hydrogens (primary N) is 1. The SMILES string of the molecule is CCOc1ccc([C@H](C)[NH2+]Cc2cc(=O)n3c4c(sc3n2)CCCC4)cc1OCC. The van der Waals surface area contributed by atoms with E-state index in [2.05, 4.69) is 24.4 Å². The van der Waals surface area contributed by atoms with Crippen LogP contribution >= 0.6 is 11.3 Å². The van der Waals surface area contributed by atoms with Crippen LogP contribution in [0.15, 0.2) is 29.1 Å². The van der Waals surface area contributed by atoms with Crippen LogP contribution in [0, 0.1) is 0 Å². The number of ether oxygens (including phenoxy) is 2. The lowest BCUT2D eigenvalue weighted by atomic mass is 10.0. The molecular formula is C23H30N3O3S+. The minimum absolute atomic E-state index is 0.0511. The van der Waals surface area contributed by atoms with Gasteiger partial charge in [0.15, 0.2) is 16.5 Å². The van der Waals surface area contributed by atoms with Gasteiger partial charge in [0.2, 0.25) is 0 Å².